The van der Waals surface area contributed by atoms with Crippen LogP contribution >= 0.6 is 11.8 Å². The number of hydrogen-bond acceptors (Lipinski definition) is 4. The Morgan fingerprint density at radius 2 is 1.26 bits per heavy atom. The van der Waals surface area contributed by atoms with Crippen molar-refractivity contribution in [1.29, 1.82) is 0 Å². The molecule has 1 aliphatic heterocycles. The maximum Gasteiger partial charge on any atom is 0.306 e. The number of phenols is 1. The van der Waals surface area contributed by atoms with Crippen molar-refractivity contribution in [3.63, 3.8) is 0 Å². The molecular weight excluding hydrogens is 488 g/mol. The van der Waals surface area contributed by atoms with Crippen molar-refractivity contribution < 1.29 is 14.6 Å². The molecule has 0 aliphatic carbocycles. The molecule has 1 aliphatic rings. The van der Waals surface area contributed by atoms with E-state index in [-0.39, 0.29) is 33.4 Å². The van der Waals surface area contributed by atoms with E-state index < -0.39 is 0 Å². The summed E-state index contributed by atoms with van der Waals surface area (Å²) in [6.45, 7) is 12.7. The number of carbonyl (C=O) groups excluding carboxylic acids is 1. The van der Waals surface area contributed by atoms with Crippen molar-refractivity contribution in [3.05, 3.63) is 101 Å². The Balaban J connectivity index is 1.48. The summed E-state index contributed by atoms with van der Waals surface area (Å²) in [7, 11) is 0. The molecule has 1 fully saturated rings. The minimum Gasteiger partial charge on any atom is -0.507 e. The van der Waals surface area contributed by atoms with E-state index in [4.69, 9.17) is 4.74 Å². The van der Waals surface area contributed by atoms with Gasteiger partial charge < -0.3 is 9.84 Å². The Hall–Kier alpha value is -2.72. The van der Waals surface area contributed by atoms with Gasteiger partial charge in [0.25, 0.3) is 0 Å². The van der Waals surface area contributed by atoms with Crippen molar-refractivity contribution in [2.24, 2.45) is 0 Å². The van der Waals surface area contributed by atoms with Crippen LogP contribution in [-0.2, 0) is 26.8 Å². The van der Waals surface area contributed by atoms with Gasteiger partial charge in [-0.3, -0.25) is 4.79 Å². The van der Waals surface area contributed by atoms with Gasteiger partial charge in [-0.25, -0.2) is 0 Å². The first kappa shape index (κ1) is 28.3. The second kappa shape index (κ2) is 11.6. The molecule has 0 spiro atoms. The van der Waals surface area contributed by atoms with E-state index in [0.29, 0.717) is 18.6 Å². The first-order valence-electron chi connectivity index (χ1n) is 13.7. The summed E-state index contributed by atoms with van der Waals surface area (Å²) in [6, 6.07) is 25.2. The molecule has 3 aromatic rings. The largest absolute Gasteiger partial charge is 0.507 e. The smallest absolute Gasteiger partial charge is 0.306 e. The standard InChI is InChI=1S/C34H42O3S/c1-33(2,3)27-19-23(20-28(32(27)36)34(4,5)6)17-18-31(35)37-26-21-29(24-13-9-7-10-14-24)38-30(22-26)25-15-11-8-12-16-25/h7-16,19-20,26,29-30,36H,17-18,21-22H2,1-6H3/t26?,29-,30+. The molecule has 3 aromatic carbocycles. The Morgan fingerprint density at radius 3 is 1.68 bits per heavy atom. The molecule has 0 bridgehead atoms. The van der Waals surface area contributed by atoms with E-state index in [1.165, 1.54) is 11.1 Å². The third-order valence-electron chi connectivity index (χ3n) is 7.33. The first-order valence-corrected chi connectivity index (χ1v) is 14.7. The Bertz CT molecular complexity index is 1140. The van der Waals surface area contributed by atoms with Gasteiger partial charge >= 0.3 is 5.97 Å². The van der Waals surface area contributed by atoms with Gasteiger partial charge in [-0.1, -0.05) is 114 Å². The van der Waals surface area contributed by atoms with Crippen molar-refractivity contribution in [3.8, 4) is 5.75 Å². The molecule has 0 saturated carbocycles. The van der Waals surface area contributed by atoms with Crippen LogP contribution in [0.15, 0.2) is 72.8 Å². The van der Waals surface area contributed by atoms with Crippen LogP contribution in [0.3, 0.4) is 0 Å². The molecule has 1 heterocycles. The zero-order valence-corrected chi connectivity index (χ0v) is 24.5. The maximum atomic E-state index is 13.1. The fourth-order valence-corrected chi connectivity index (χ4v) is 6.89. The number of esters is 1. The monoisotopic (exact) mass is 530 g/mol. The van der Waals surface area contributed by atoms with Crippen molar-refractivity contribution in [2.75, 3.05) is 0 Å². The molecule has 0 amide bonds. The van der Waals surface area contributed by atoms with Gasteiger partial charge in [0.2, 0.25) is 0 Å². The highest BCUT2D eigenvalue weighted by atomic mass is 32.2. The van der Waals surface area contributed by atoms with Crippen molar-refractivity contribution >= 4 is 17.7 Å². The fourth-order valence-electron chi connectivity index (χ4n) is 5.22. The molecule has 202 valence electrons. The van der Waals surface area contributed by atoms with E-state index in [1.54, 1.807) is 0 Å². The second-order valence-electron chi connectivity index (χ2n) is 12.6. The highest BCUT2D eigenvalue weighted by molar-refractivity contribution is 7.99. The third-order valence-corrected chi connectivity index (χ3v) is 8.91. The van der Waals surface area contributed by atoms with Crippen LogP contribution in [-0.4, -0.2) is 17.2 Å². The highest BCUT2D eigenvalue weighted by Gasteiger charge is 2.33. The van der Waals surface area contributed by atoms with E-state index in [0.717, 1.165) is 29.5 Å². The van der Waals surface area contributed by atoms with Crippen LogP contribution in [0.4, 0.5) is 0 Å². The summed E-state index contributed by atoms with van der Waals surface area (Å²) in [4.78, 5) is 13.1. The molecule has 3 atom stereocenters. The van der Waals surface area contributed by atoms with Crippen molar-refractivity contribution in [2.45, 2.75) is 94.7 Å². The van der Waals surface area contributed by atoms with Crippen molar-refractivity contribution in [1.82, 2.24) is 0 Å². The lowest BCUT2D eigenvalue weighted by molar-refractivity contribution is -0.149. The van der Waals surface area contributed by atoms with Crippen LogP contribution < -0.4 is 0 Å². The zero-order chi connectivity index (χ0) is 27.5. The summed E-state index contributed by atoms with van der Waals surface area (Å²) >= 11 is 1.97. The normalized spacial score (nSPS) is 20.2. The summed E-state index contributed by atoms with van der Waals surface area (Å²) in [5, 5.41) is 11.6. The van der Waals surface area contributed by atoms with Crippen LogP contribution in [0.1, 0.15) is 99.1 Å². The van der Waals surface area contributed by atoms with Gasteiger partial charge in [0, 0.05) is 29.8 Å². The van der Waals surface area contributed by atoms with Gasteiger partial charge in [0.05, 0.1) is 0 Å². The molecule has 3 nitrogen and oxygen atoms in total. The van der Waals surface area contributed by atoms with Crippen LogP contribution in [0, 0.1) is 0 Å². The van der Waals surface area contributed by atoms with E-state index in [1.807, 2.05) is 23.9 Å². The topological polar surface area (TPSA) is 46.5 Å². The number of phenolic OH excluding ortho intramolecular Hbond substituents is 1. The number of benzene rings is 3. The molecule has 4 heteroatoms. The van der Waals surface area contributed by atoms with Crippen LogP contribution in [0.25, 0.3) is 0 Å². The lowest BCUT2D eigenvalue weighted by Gasteiger charge is -2.35. The predicted octanol–water partition coefficient (Wildman–Crippen LogP) is 8.84. The molecule has 1 N–H and O–H groups in total. The number of hydrogen-bond donors (Lipinski definition) is 1. The predicted molar refractivity (Wildman–Crippen MR) is 159 cm³/mol. The molecule has 0 aromatic heterocycles. The second-order valence-corrected chi connectivity index (χ2v) is 14.0. The van der Waals surface area contributed by atoms with E-state index >= 15 is 0 Å². The molecule has 1 unspecified atom stereocenters. The maximum absolute atomic E-state index is 13.1. The molecular formula is C34H42O3S. The minimum atomic E-state index is -0.195. The molecule has 0 radical (unpaired) electrons. The number of thioether (sulfide) groups is 1. The Kier molecular flexibility index (Phi) is 8.62. The molecule has 4 rings (SSSR count). The fraction of sp³-hybridized carbons (Fsp3) is 0.441. The van der Waals surface area contributed by atoms with Gasteiger partial charge in [0.15, 0.2) is 0 Å². The average molecular weight is 531 g/mol. The third kappa shape index (κ3) is 7.02. The van der Waals surface area contributed by atoms with Gasteiger partial charge in [-0.15, -0.1) is 11.8 Å². The first-order chi connectivity index (χ1) is 17.9. The SMILES string of the molecule is CC(C)(C)c1cc(CCC(=O)OC2C[C@@H](c3ccccc3)S[C@@H](c3ccccc3)C2)cc(C(C)(C)C)c1O. The highest BCUT2D eigenvalue weighted by Crippen LogP contribution is 2.50. The van der Waals surface area contributed by atoms with Gasteiger partial charge in [-0.2, -0.15) is 0 Å². The Morgan fingerprint density at radius 1 is 0.816 bits per heavy atom. The average Bonchev–Trinajstić information content (AvgIpc) is 2.87. The number of aryl methyl sites for hydroxylation is 1. The van der Waals surface area contributed by atoms with Crippen LogP contribution in [0.5, 0.6) is 5.75 Å². The Labute approximate surface area is 233 Å². The number of aromatic hydroxyl groups is 1. The van der Waals surface area contributed by atoms with Gasteiger partial charge in [-0.05, 0) is 45.1 Å². The molecule has 1 saturated heterocycles. The summed E-state index contributed by atoms with van der Waals surface area (Å²) in [6.07, 6.45) is 2.45. The lowest BCUT2D eigenvalue weighted by atomic mass is 9.78. The summed E-state index contributed by atoms with van der Waals surface area (Å²) < 4.78 is 6.13. The quantitative estimate of drug-likeness (QED) is 0.323. The zero-order valence-electron chi connectivity index (χ0n) is 23.7. The number of carbonyl (C=O) groups is 1. The van der Waals surface area contributed by atoms with Crippen LogP contribution in [0.2, 0.25) is 0 Å². The molecule has 38 heavy (non-hydrogen) atoms. The number of rotatable bonds is 6. The summed E-state index contributed by atoms with van der Waals surface area (Å²) in [5.41, 5.74) is 5.10. The minimum absolute atomic E-state index is 0.116. The van der Waals surface area contributed by atoms with Gasteiger partial charge in [0.1, 0.15) is 11.9 Å². The van der Waals surface area contributed by atoms with E-state index in [2.05, 4.69) is 102 Å². The number of ether oxygens (including phenoxy) is 1. The lowest BCUT2D eigenvalue weighted by Crippen LogP contribution is -2.26. The van der Waals surface area contributed by atoms with E-state index in [9.17, 15) is 9.90 Å². The summed E-state index contributed by atoms with van der Waals surface area (Å²) in [5.74, 6) is 0.221.